The molecule has 0 bridgehead atoms. The Bertz CT molecular complexity index is 1020. The molecule has 2 aliphatic carbocycles. The Morgan fingerprint density at radius 2 is 1.58 bits per heavy atom. The summed E-state index contributed by atoms with van der Waals surface area (Å²) in [4.78, 5) is 36.5. The van der Waals surface area contributed by atoms with Crippen molar-refractivity contribution in [2.24, 2.45) is 11.8 Å². The molecule has 0 radical (unpaired) electrons. The average Bonchev–Trinajstić information content (AvgIpc) is 3.30. The van der Waals surface area contributed by atoms with Gasteiger partial charge < -0.3 is 15.7 Å². The lowest BCUT2D eigenvalue weighted by Gasteiger charge is -2.29. The monoisotopic (exact) mass is 468 g/mol. The zero-order chi connectivity index (χ0) is 23.4. The zero-order valence-electron chi connectivity index (χ0n) is 18.4. The quantitative estimate of drug-likeness (QED) is 0.462. The van der Waals surface area contributed by atoms with Crippen LogP contribution in [0.15, 0.2) is 48.5 Å². The van der Waals surface area contributed by atoms with Gasteiger partial charge in [-0.15, -0.1) is 0 Å². The molecule has 3 N–H and O–H groups in total. The first-order valence-electron chi connectivity index (χ1n) is 11.6. The molecule has 7 heteroatoms. The number of carboxylic acid groups (broad SMARTS) is 1. The van der Waals surface area contributed by atoms with Crippen molar-refractivity contribution >= 4 is 35.1 Å². The highest BCUT2D eigenvalue weighted by Crippen LogP contribution is 2.36. The number of amides is 2. The number of hydrogen-bond acceptors (Lipinski definition) is 3. The largest absolute Gasteiger partial charge is 0.481 e. The molecule has 2 aromatic carbocycles. The molecule has 174 valence electrons. The fourth-order valence-electron chi connectivity index (χ4n) is 5.19. The number of halogens is 1. The first-order valence-corrected chi connectivity index (χ1v) is 12.0. The number of ketones is 1. The van der Waals surface area contributed by atoms with E-state index in [1.807, 2.05) is 24.3 Å². The molecule has 4 rings (SSSR count). The van der Waals surface area contributed by atoms with Crippen molar-refractivity contribution in [2.45, 2.75) is 56.9 Å². The van der Waals surface area contributed by atoms with Crippen LogP contribution in [0.5, 0.6) is 0 Å². The van der Waals surface area contributed by atoms with Crippen LogP contribution in [-0.2, 0) is 4.79 Å². The van der Waals surface area contributed by atoms with Crippen LogP contribution in [0.25, 0.3) is 0 Å². The van der Waals surface area contributed by atoms with E-state index in [4.69, 9.17) is 11.6 Å². The fraction of sp³-hybridized carbons (Fsp3) is 0.423. The van der Waals surface area contributed by atoms with Gasteiger partial charge in [-0.1, -0.05) is 48.4 Å². The Labute approximate surface area is 198 Å². The van der Waals surface area contributed by atoms with Gasteiger partial charge >= 0.3 is 12.0 Å². The molecule has 2 unspecified atom stereocenters. The Hall–Kier alpha value is -2.86. The minimum Gasteiger partial charge on any atom is -0.481 e. The fourth-order valence-corrected chi connectivity index (χ4v) is 5.38. The maximum absolute atomic E-state index is 12.8. The lowest BCUT2D eigenvalue weighted by Crippen LogP contribution is -2.39. The Kier molecular flexibility index (Phi) is 7.33. The molecule has 2 aromatic rings. The summed E-state index contributed by atoms with van der Waals surface area (Å²) >= 11 is 5.96. The molecule has 0 spiro atoms. The first-order chi connectivity index (χ1) is 15.9. The summed E-state index contributed by atoms with van der Waals surface area (Å²) < 4.78 is 0. The van der Waals surface area contributed by atoms with Crippen LogP contribution in [0.1, 0.15) is 66.8 Å². The predicted octanol–water partition coefficient (Wildman–Crippen LogP) is 5.87. The molecule has 2 amide bonds. The summed E-state index contributed by atoms with van der Waals surface area (Å²) in [6, 6.07) is 14.6. The van der Waals surface area contributed by atoms with Gasteiger partial charge in [0, 0.05) is 28.2 Å². The molecule has 2 saturated carbocycles. The predicted molar refractivity (Wildman–Crippen MR) is 128 cm³/mol. The number of Topliss-reactive ketones (excluding diaryl/α,β-unsaturated/α-hetero) is 1. The zero-order valence-corrected chi connectivity index (χ0v) is 19.2. The van der Waals surface area contributed by atoms with E-state index in [0.717, 1.165) is 32.1 Å². The summed E-state index contributed by atoms with van der Waals surface area (Å²) in [5.74, 6) is -1.50. The normalized spacial score (nSPS) is 24.8. The summed E-state index contributed by atoms with van der Waals surface area (Å²) in [7, 11) is 0. The van der Waals surface area contributed by atoms with Crippen molar-refractivity contribution in [3.05, 3.63) is 64.7 Å². The average molecular weight is 469 g/mol. The van der Waals surface area contributed by atoms with Gasteiger partial charge in [0.15, 0.2) is 5.78 Å². The summed E-state index contributed by atoms with van der Waals surface area (Å²) in [6.45, 7) is 0. The van der Waals surface area contributed by atoms with Crippen LogP contribution in [0.3, 0.4) is 0 Å². The number of carboxylic acids is 1. The van der Waals surface area contributed by atoms with Gasteiger partial charge in [-0.25, -0.2) is 4.79 Å². The SMILES string of the molecule is O=C(Nc1cccc(Cl)c1)NC1CCC(c2ccc(C(=O)C3CCCC3C(=O)O)cc2)CC1. The Balaban J connectivity index is 1.28. The minimum absolute atomic E-state index is 0.0509. The number of aliphatic carboxylic acids is 1. The first kappa shape index (κ1) is 23.3. The number of nitrogens with one attached hydrogen (secondary N) is 2. The molecule has 2 atom stereocenters. The van der Waals surface area contributed by atoms with Crippen molar-refractivity contribution in [3.63, 3.8) is 0 Å². The van der Waals surface area contributed by atoms with E-state index in [1.54, 1.807) is 24.3 Å². The van der Waals surface area contributed by atoms with E-state index in [1.165, 1.54) is 5.56 Å². The maximum atomic E-state index is 12.8. The molecule has 33 heavy (non-hydrogen) atoms. The third kappa shape index (κ3) is 5.74. The van der Waals surface area contributed by atoms with Crippen LogP contribution >= 0.6 is 11.6 Å². The van der Waals surface area contributed by atoms with Crippen LogP contribution < -0.4 is 10.6 Å². The van der Waals surface area contributed by atoms with Crippen LogP contribution in [-0.4, -0.2) is 28.9 Å². The number of benzene rings is 2. The Morgan fingerprint density at radius 3 is 2.24 bits per heavy atom. The van der Waals surface area contributed by atoms with Crippen molar-refractivity contribution < 1.29 is 19.5 Å². The van der Waals surface area contributed by atoms with Gasteiger partial charge in [-0.3, -0.25) is 9.59 Å². The van der Waals surface area contributed by atoms with Gasteiger partial charge in [0.05, 0.1) is 5.92 Å². The molecule has 6 nitrogen and oxygen atoms in total. The highest BCUT2D eigenvalue weighted by atomic mass is 35.5. The van der Waals surface area contributed by atoms with Crippen LogP contribution in [0, 0.1) is 11.8 Å². The molecule has 2 aliphatic rings. The molecule has 0 saturated heterocycles. The van der Waals surface area contributed by atoms with Crippen molar-refractivity contribution in [1.82, 2.24) is 5.32 Å². The van der Waals surface area contributed by atoms with Gasteiger partial charge in [-0.2, -0.15) is 0 Å². The van der Waals surface area contributed by atoms with Gasteiger partial charge in [0.1, 0.15) is 0 Å². The molecule has 0 aliphatic heterocycles. The number of carbonyl (C=O) groups excluding carboxylic acids is 2. The van der Waals surface area contributed by atoms with E-state index in [2.05, 4.69) is 10.6 Å². The second kappa shape index (κ2) is 10.4. The highest BCUT2D eigenvalue weighted by molar-refractivity contribution is 6.30. The number of carbonyl (C=O) groups is 3. The van der Waals surface area contributed by atoms with Crippen LogP contribution in [0.4, 0.5) is 10.5 Å². The van der Waals surface area contributed by atoms with E-state index >= 15 is 0 Å². The van der Waals surface area contributed by atoms with E-state index in [0.29, 0.717) is 35.0 Å². The molecule has 2 fully saturated rings. The third-order valence-electron chi connectivity index (χ3n) is 6.98. The molecule has 0 aromatic heterocycles. The van der Waals surface area contributed by atoms with E-state index in [9.17, 15) is 19.5 Å². The lowest BCUT2D eigenvalue weighted by atomic mass is 9.81. The van der Waals surface area contributed by atoms with Crippen LogP contribution in [0.2, 0.25) is 5.02 Å². The van der Waals surface area contributed by atoms with Gasteiger partial charge in [0.25, 0.3) is 0 Å². The number of anilines is 1. The Morgan fingerprint density at radius 1 is 0.879 bits per heavy atom. The van der Waals surface area contributed by atoms with Crippen molar-refractivity contribution in [1.29, 1.82) is 0 Å². The van der Waals surface area contributed by atoms with E-state index in [-0.39, 0.29) is 17.9 Å². The molecular formula is C26H29ClN2O4. The number of urea groups is 1. The van der Waals surface area contributed by atoms with E-state index < -0.39 is 17.8 Å². The second-order valence-corrected chi connectivity index (χ2v) is 9.56. The highest BCUT2D eigenvalue weighted by Gasteiger charge is 2.38. The summed E-state index contributed by atoms with van der Waals surface area (Å²) in [6.07, 6.45) is 5.71. The van der Waals surface area contributed by atoms with Gasteiger partial charge in [0.2, 0.25) is 0 Å². The topological polar surface area (TPSA) is 95.5 Å². The van der Waals surface area contributed by atoms with Crippen molar-refractivity contribution in [2.75, 3.05) is 5.32 Å². The molecule has 0 heterocycles. The lowest BCUT2D eigenvalue weighted by molar-refractivity contribution is -0.142. The smallest absolute Gasteiger partial charge is 0.319 e. The minimum atomic E-state index is -0.867. The standard InChI is InChI=1S/C26H29ClN2O4/c27-19-3-1-4-21(15-19)29-26(33)28-20-13-11-17(12-14-20)16-7-9-18(10-8-16)24(30)22-5-2-6-23(22)25(31)32/h1,3-4,7-10,15,17,20,22-23H,2,5-6,11-14H2,(H,31,32)(H2,28,29,33). The van der Waals surface area contributed by atoms with Crippen molar-refractivity contribution in [3.8, 4) is 0 Å². The number of rotatable bonds is 6. The summed E-state index contributed by atoms with van der Waals surface area (Å²) in [5.41, 5.74) is 2.45. The number of hydrogen-bond donors (Lipinski definition) is 3. The second-order valence-electron chi connectivity index (χ2n) is 9.13. The molecular weight excluding hydrogens is 440 g/mol. The summed E-state index contributed by atoms with van der Waals surface area (Å²) in [5, 5.41) is 15.8. The maximum Gasteiger partial charge on any atom is 0.319 e. The van der Waals surface area contributed by atoms with Gasteiger partial charge in [-0.05, 0) is 68.2 Å². The third-order valence-corrected chi connectivity index (χ3v) is 7.22.